The number of nitrogens with one attached hydrogen (secondary N) is 1. The van der Waals surface area contributed by atoms with E-state index in [9.17, 15) is 4.21 Å². The van der Waals surface area contributed by atoms with Crippen molar-refractivity contribution in [2.75, 3.05) is 11.0 Å². The predicted molar refractivity (Wildman–Crippen MR) is 74.6 cm³/mol. The summed E-state index contributed by atoms with van der Waals surface area (Å²) in [6.07, 6.45) is 1.56. The molecule has 1 heterocycles. The number of rotatable bonds is 3. The van der Waals surface area contributed by atoms with Crippen LogP contribution in [0.2, 0.25) is 0 Å². The summed E-state index contributed by atoms with van der Waals surface area (Å²) in [6, 6.07) is 0. The van der Waals surface area contributed by atoms with Gasteiger partial charge in [-0.05, 0) is 25.3 Å². The zero-order valence-corrected chi connectivity index (χ0v) is 12.6. The van der Waals surface area contributed by atoms with Gasteiger partial charge in [0.25, 0.3) is 0 Å². The molecule has 0 amide bonds. The van der Waals surface area contributed by atoms with E-state index in [0.717, 1.165) is 11.4 Å². The van der Waals surface area contributed by atoms with Crippen molar-refractivity contribution in [2.45, 2.75) is 47.5 Å². The van der Waals surface area contributed by atoms with Crippen LogP contribution in [0.5, 0.6) is 0 Å². The van der Waals surface area contributed by atoms with Gasteiger partial charge in [0.2, 0.25) is 5.95 Å². The Morgan fingerprint density at radius 3 is 1.82 bits per heavy atom. The molecule has 0 aliphatic carbocycles. The Morgan fingerprint density at radius 2 is 1.53 bits per heavy atom. The van der Waals surface area contributed by atoms with Crippen molar-refractivity contribution >= 4 is 16.9 Å². The molecule has 5 heteroatoms. The summed E-state index contributed by atoms with van der Waals surface area (Å²) in [6.45, 7) is 12.1. The van der Waals surface area contributed by atoms with Crippen LogP contribution in [-0.2, 0) is 11.0 Å². The predicted octanol–water partition coefficient (Wildman–Crippen LogP) is 2.95. The number of aromatic nitrogens is 2. The van der Waals surface area contributed by atoms with E-state index in [0.29, 0.717) is 11.9 Å². The normalized spacial score (nSPS) is 11.8. The van der Waals surface area contributed by atoms with Crippen LogP contribution in [0.4, 0.5) is 5.95 Å². The summed E-state index contributed by atoms with van der Waals surface area (Å²) in [7, 11) is -1.13. The Kier molecular flexibility index (Phi) is 6.95. The zero-order chi connectivity index (χ0) is 13.6. The molecule has 1 atom stereocenters. The van der Waals surface area contributed by atoms with Gasteiger partial charge in [0, 0.05) is 17.6 Å². The maximum atomic E-state index is 11.0. The van der Waals surface area contributed by atoms with E-state index in [1.54, 1.807) is 6.26 Å². The number of aryl methyl sites for hydroxylation is 2. The molecule has 1 N–H and O–H groups in total. The van der Waals surface area contributed by atoms with Crippen LogP contribution in [0.1, 0.15) is 50.6 Å². The van der Waals surface area contributed by atoms with E-state index in [4.69, 9.17) is 0 Å². The third-order valence-electron chi connectivity index (χ3n) is 2.14. The number of nitrogens with zero attached hydrogens (tertiary/aromatic N) is 2. The average Bonchev–Trinajstić information content (AvgIpc) is 2.17. The van der Waals surface area contributed by atoms with Crippen LogP contribution >= 0.6 is 0 Å². The topological polar surface area (TPSA) is 54.9 Å². The second kappa shape index (κ2) is 7.37. The molecule has 0 fully saturated rings. The van der Waals surface area contributed by atoms with Crippen molar-refractivity contribution in [3.05, 3.63) is 17.0 Å². The standard InChI is InChI=1S/C10H17N3OS.C2H6/c1-6(2)9-7(3)11-10(12-8(9)4)13-15(5)14;1-2/h6H,1-5H3,(H,11,12,13);1-2H3. The molecule has 0 spiro atoms. The minimum atomic E-state index is -1.13. The average molecular weight is 257 g/mol. The molecule has 1 aromatic heterocycles. The fourth-order valence-electron chi connectivity index (χ4n) is 1.73. The SMILES string of the molecule is CC.Cc1nc(NS(C)=O)nc(C)c1C(C)C. The van der Waals surface area contributed by atoms with Crippen molar-refractivity contribution in [1.82, 2.24) is 9.97 Å². The van der Waals surface area contributed by atoms with Gasteiger partial charge in [-0.1, -0.05) is 27.7 Å². The van der Waals surface area contributed by atoms with Gasteiger partial charge in [-0.2, -0.15) is 0 Å². The first kappa shape index (κ1) is 16.0. The van der Waals surface area contributed by atoms with Crippen molar-refractivity contribution in [3.8, 4) is 0 Å². The van der Waals surface area contributed by atoms with Crippen LogP contribution in [0, 0.1) is 13.8 Å². The Bertz CT molecular complexity index is 368. The van der Waals surface area contributed by atoms with Crippen LogP contribution in [0.3, 0.4) is 0 Å². The van der Waals surface area contributed by atoms with Gasteiger partial charge in [-0.3, -0.25) is 4.72 Å². The second-order valence-electron chi connectivity index (χ2n) is 3.84. The number of hydrogen-bond donors (Lipinski definition) is 1. The molecular weight excluding hydrogens is 234 g/mol. The van der Waals surface area contributed by atoms with Gasteiger partial charge in [0.05, 0.1) is 0 Å². The quantitative estimate of drug-likeness (QED) is 0.905. The fraction of sp³-hybridized carbons (Fsp3) is 0.667. The third kappa shape index (κ3) is 4.81. The van der Waals surface area contributed by atoms with Crippen LogP contribution < -0.4 is 4.72 Å². The first-order chi connectivity index (χ1) is 7.91. The molecule has 0 aliphatic heterocycles. The summed E-state index contributed by atoms with van der Waals surface area (Å²) in [5, 5.41) is 0. The highest BCUT2D eigenvalue weighted by Crippen LogP contribution is 2.21. The molecule has 0 saturated carbocycles. The summed E-state index contributed by atoms with van der Waals surface area (Å²) in [5.41, 5.74) is 3.07. The highest BCUT2D eigenvalue weighted by atomic mass is 32.2. The smallest absolute Gasteiger partial charge is 0.235 e. The Morgan fingerprint density at radius 1 is 1.12 bits per heavy atom. The summed E-state index contributed by atoms with van der Waals surface area (Å²) in [4.78, 5) is 8.56. The summed E-state index contributed by atoms with van der Waals surface area (Å²) < 4.78 is 13.7. The minimum absolute atomic E-state index is 0.408. The molecule has 1 aromatic rings. The van der Waals surface area contributed by atoms with E-state index in [-0.39, 0.29) is 0 Å². The monoisotopic (exact) mass is 257 g/mol. The maximum Gasteiger partial charge on any atom is 0.235 e. The van der Waals surface area contributed by atoms with Gasteiger partial charge in [0.15, 0.2) is 0 Å². The van der Waals surface area contributed by atoms with Gasteiger partial charge in [-0.15, -0.1) is 0 Å². The van der Waals surface area contributed by atoms with Crippen molar-refractivity contribution in [3.63, 3.8) is 0 Å². The molecule has 0 aliphatic rings. The lowest BCUT2D eigenvalue weighted by atomic mass is 10.0. The number of hydrogen-bond acceptors (Lipinski definition) is 3. The third-order valence-corrected chi connectivity index (χ3v) is 2.61. The molecule has 0 aromatic carbocycles. The van der Waals surface area contributed by atoms with Crippen LogP contribution in [-0.4, -0.2) is 20.4 Å². The molecule has 4 nitrogen and oxygen atoms in total. The lowest BCUT2D eigenvalue weighted by molar-refractivity contribution is 0.689. The Labute approximate surface area is 107 Å². The van der Waals surface area contributed by atoms with Gasteiger partial charge in [0.1, 0.15) is 11.0 Å². The molecule has 0 radical (unpaired) electrons. The van der Waals surface area contributed by atoms with E-state index >= 15 is 0 Å². The fourth-order valence-corrected chi connectivity index (χ4v) is 2.08. The van der Waals surface area contributed by atoms with E-state index in [1.807, 2.05) is 27.7 Å². The highest BCUT2D eigenvalue weighted by Gasteiger charge is 2.11. The van der Waals surface area contributed by atoms with Crippen molar-refractivity contribution in [2.24, 2.45) is 0 Å². The Hall–Kier alpha value is -0.970. The van der Waals surface area contributed by atoms with Gasteiger partial charge < -0.3 is 0 Å². The van der Waals surface area contributed by atoms with Crippen molar-refractivity contribution < 1.29 is 4.21 Å². The maximum absolute atomic E-state index is 11.0. The highest BCUT2D eigenvalue weighted by molar-refractivity contribution is 7.85. The van der Waals surface area contributed by atoms with E-state index in [2.05, 4.69) is 28.5 Å². The molecule has 1 unspecified atom stereocenters. The lowest BCUT2D eigenvalue weighted by Gasteiger charge is -2.13. The molecule has 0 saturated heterocycles. The summed E-state index contributed by atoms with van der Waals surface area (Å²) >= 11 is 0. The molecule has 17 heavy (non-hydrogen) atoms. The first-order valence-corrected chi connectivity index (χ1v) is 7.42. The minimum Gasteiger partial charge on any atom is -0.273 e. The Balaban J connectivity index is 0.00000121. The van der Waals surface area contributed by atoms with Gasteiger partial charge >= 0.3 is 0 Å². The molecule has 1 rings (SSSR count). The van der Waals surface area contributed by atoms with E-state index in [1.165, 1.54) is 5.56 Å². The molecule has 98 valence electrons. The molecular formula is C12H23N3OS. The zero-order valence-electron chi connectivity index (χ0n) is 11.8. The van der Waals surface area contributed by atoms with Crippen LogP contribution in [0.15, 0.2) is 0 Å². The summed E-state index contributed by atoms with van der Waals surface area (Å²) in [5.74, 6) is 0.849. The second-order valence-corrected chi connectivity index (χ2v) is 4.95. The number of anilines is 1. The van der Waals surface area contributed by atoms with Gasteiger partial charge in [-0.25, -0.2) is 14.2 Å². The van der Waals surface area contributed by atoms with Crippen molar-refractivity contribution in [1.29, 1.82) is 0 Å². The lowest BCUT2D eigenvalue weighted by Crippen LogP contribution is -2.10. The molecule has 0 bridgehead atoms. The van der Waals surface area contributed by atoms with Crippen LogP contribution in [0.25, 0.3) is 0 Å². The van der Waals surface area contributed by atoms with E-state index < -0.39 is 11.0 Å². The largest absolute Gasteiger partial charge is 0.273 e. The first-order valence-electron chi connectivity index (χ1n) is 5.87.